The molecule has 0 saturated carbocycles. The van der Waals surface area contributed by atoms with Crippen LogP contribution in [-0.2, 0) is 9.59 Å². The number of aliphatic hydroxyl groups excluding tert-OH is 2. The maximum atomic E-state index is 11.3. The first-order valence-electron chi connectivity index (χ1n) is 4.40. The normalized spacial score (nSPS) is 31.7. The van der Waals surface area contributed by atoms with Gasteiger partial charge in [-0.3, -0.25) is 9.59 Å². The predicted molar refractivity (Wildman–Crippen MR) is 47.2 cm³/mol. The molecule has 14 heavy (non-hydrogen) atoms. The van der Waals surface area contributed by atoms with Crippen molar-refractivity contribution in [3.05, 3.63) is 0 Å². The molecule has 0 bridgehead atoms. The van der Waals surface area contributed by atoms with Gasteiger partial charge in [-0.2, -0.15) is 0 Å². The van der Waals surface area contributed by atoms with Crippen LogP contribution in [0.25, 0.3) is 0 Å². The van der Waals surface area contributed by atoms with Gasteiger partial charge in [-0.05, 0) is 13.8 Å². The van der Waals surface area contributed by atoms with Crippen LogP contribution in [0.2, 0.25) is 0 Å². The number of amides is 2. The molecule has 6 nitrogen and oxygen atoms in total. The van der Waals surface area contributed by atoms with Gasteiger partial charge in [0.1, 0.15) is 12.1 Å². The van der Waals surface area contributed by atoms with Gasteiger partial charge in [0.15, 0.2) is 0 Å². The van der Waals surface area contributed by atoms with E-state index in [0.717, 1.165) is 0 Å². The Kier molecular flexibility index (Phi) is 3.07. The highest BCUT2D eigenvalue weighted by Gasteiger charge is 2.37. The first kappa shape index (κ1) is 10.9. The molecule has 1 heterocycles. The van der Waals surface area contributed by atoms with Crippen LogP contribution in [0.4, 0.5) is 0 Å². The van der Waals surface area contributed by atoms with Crippen LogP contribution in [0.3, 0.4) is 0 Å². The van der Waals surface area contributed by atoms with E-state index >= 15 is 0 Å². The standard InChI is InChI=1S/C8H14N2O4/c1-3(11)5-7(13)10-6(4(2)12)8(14)9-5/h3-6,11-12H,1-2H3,(H,9,14)(H,10,13)/t3-,4-,5-,6+/m1/s1. The number of carbonyl (C=O) groups is 2. The van der Waals surface area contributed by atoms with Gasteiger partial charge in [0.05, 0.1) is 12.2 Å². The molecule has 1 saturated heterocycles. The lowest BCUT2D eigenvalue weighted by atomic mass is 10.0. The molecule has 0 unspecified atom stereocenters. The zero-order valence-corrected chi connectivity index (χ0v) is 8.02. The minimum Gasteiger partial charge on any atom is -0.391 e. The van der Waals surface area contributed by atoms with Crippen LogP contribution in [0, 0.1) is 0 Å². The molecule has 0 spiro atoms. The molecule has 1 fully saturated rings. The molecule has 0 radical (unpaired) electrons. The van der Waals surface area contributed by atoms with Gasteiger partial charge < -0.3 is 20.8 Å². The van der Waals surface area contributed by atoms with Crippen molar-refractivity contribution < 1.29 is 19.8 Å². The molecule has 2 amide bonds. The summed E-state index contributed by atoms with van der Waals surface area (Å²) < 4.78 is 0. The summed E-state index contributed by atoms with van der Waals surface area (Å²) in [4.78, 5) is 22.6. The Morgan fingerprint density at radius 3 is 1.50 bits per heavy atom. The SMILES string of the molecule is C[C@@H](O)[C@@H]1NC(=O)[C@@H]([C@@H](C)O)NC1=O. The summed E-state index contributed by atoms with van der Waals surface area (Å²) >= 11 is 0. The molecule has 4 N–H and O–H groups in total. The summed E-state index contributed by atoms with van der Waals surface area (Å²) in [6, 6.07) is -1.87. The monoisotopic (exact) mass is 202 g/mol. The Hall–Kier alpha value is -1.14. The molecule has 4 atom stereocenters. The Labute approximate surface area is 81.3 Å². The van der Waals surface area contributed by atoms with Crippen LogP contribution >= 0.6 is 0 Å². The second kappa shape index (κ2) is 3.93. The van der Waals surface area contributed by atoms with Crippen molar-refractivity contribution in [3.63, 3.8) is 0 Å². The second-order valence-electron chi connectivity index (χ2n) is 3.45. The summed E-state index contributed by atoms with van der Waals surface area (Å²) in [6.07, 6.45) is -1.90. The van der Waals surface area contributed by atoms with E-state index in [0.29, 0.717) is 0 Å². The highest BCUT2D eigenvalue weighted by Crippen LogP contribution is 2.04. The second-order valence-corrected chi connectivity index (χ2v) is 3.45. The van der Waals surface area contributed by atoms with Crippen LogP contribution in [-0.4, -0.2) is 46.3 Å². The highest BCUT2D eigenvalue weighted by atomic mass is 16.3. The van der Waals surface area contributed by atoms with E-state index in [9.17, 15) is 9.59 Å². The zero-order valence-electron chi connectivity index (χ0n) is 8.02. The lowest BCUT2D eigenvalue weighted by Crippen LogP contribution is -2.67. The van der Waals surface area contributed by atoms with Gasteiger partial charge in [-0.1, -0.05) is 0 Å². The number of rotatable bonds is 2. The van der Waals surface area contributed by atoms with Gasteiger partial charge in [0, 0.05) is 0 Å². The van der Waals surface area contributed by atoms with Gasteiger partial charge in [-0.15, -0.1) is 0 Å². The van der Waals surface area contributed by atoms with Gasteiger partial charge >= 0.3 is 0 Å². The van der Waals surface area contributed by atoms with Crippen molar-refractivity contribution in [2.75, 3.05) is 0 Å². The van der Waals surface area contributed by atoms with Crippen molar-refractivity contribution >= 4 is 11.8 Å². The van der Waals surface area contributed by atoms with Gasteiger partial charge in [0.25, 0.3) is 0 Å². The Morgan fingerprint density at radius 1 is 1.00 bits per heavy atom. The lowest BCUT2D eigenvalue weighted by molar-refractivity contribution is -0.141. The number of piperazine rings is 1. The largest absolute Gasteiger partial charge is 0.391 e. The highest BCUT2D eigenvalue weighted by molar-refractivity contribution is 5.97. The van der Waals surface area contributed by atoms with Gasteiger partial charge in [0.2, 0.25) is 11.8 Å². The molecule has 0 aliphatic carbocycles. The quantitative estimate of drug-likeness (QED) is 0.406. The van der Waals surface area contributed by atoms with E-state index in [-0.39, 0.29) is 0 Å². The number of carbonyl (C=O) groups excluding carboxylic acids is 2. The summed E-state index contributed by atoms with van der Waals surface area (Å²) in [5.41, 5.74) is 0. The molecule has 0 aromatic rings. The zero-order chi connectivity index (χ0) is 10.9. The van der Waals surface area contributed by atoms with E-state index in [1.54, 1.807) is 0 Å². The fourth-order valence-corrected chi connectivity index (χ4v) is 1.30. The van der Waals surface area contributed by atoms with Crippen molar-refractivity contribution in [3.8, 4) is 0 Å². The molecule has 80 valence electrons. The number of hydrogen-bond donors (Lipinski definition) is 4. The summed E-state index contributed by atoms with van der Waals surface area (Å²) in [7, 11) is 0. The average Bonchev–Trinajstić information content (AvgIpc) is 2.07. The lowest BCUT2D eigenvalue weighted by Gasteiger charge is -2.32. The summed E-state index contributed by atoms with van der Waals surface area (Å²) in [5.74, 6) is -0.962. The smallest absolute Gasteiger partial charge is 0.245 e. The molecular weight excluding hydrogens is 188 g/mol. The predicted octanol–water partition coefficient (Wildman–Crippen LogP) is -2.27. The van der Waals surface area contributed by atoms with Crippen molar-refractivity contribution in [2.24, 2.45) is 0 Å². The summed E-state index contributed by atoms with van der Waals surface area (Å²) in [6.45, 7) is 2.82. The van der Waals surface area contributed by atoms with Crippen LogP contribution in [0.15, 0.2) is 0 Å². The molecule has 6 heteroatoms. The molecule has 1 rings (SSSR count). The van der Waals surface area contributed by atoms with E-state index in [1.807, 2.05) is 0 Å². The van der Waals surface area contributed by atoms with Crippen molar-refractivity contribution in [2.45, 2.75) is 38.1 Å². The Bertz CT molecular complexity index is 226. The minimum atomic E-state index is -0.950. The molecule has 0 aromatic carbocycles. The Balaban J connectivity index is 2.72. The van der Waals surface area contributed by atoms with E-state index in [4.69, 9.17) is 10.2 Å². The first-order valence-corrected chi connectivity index (χ1v) is 4.40. The average molecular weight is 202 g/mol. The number of nitrogens with one attached hydrogen (secondary N) is 2. The molecule has 1 aliphatic rings. The van der Waals surface area contributed by atoms with E-state index in [2.05, 4.69) is 10.6 Å². The van der Waals surface area contributed by atoms with Crippen LogP contribution in [0.1, 0.15) is 13.8 Å². The van der Waals surface area contributed by atoms with E-state index < -0.39 is 36.1 Å². The molecular formula is C8H14N2O4. The first-order chi connectivity index (χ1) is 6.43. The van der Waals surface area contributed by atoms with E-state index in [1.165, 1.54) is 13.8 Å². The number of hydrogen-bond acceptors (Lipinski definition) is 4. The van der Waals surface area contributed by atoms with Crippen LogP contribution in [0.5, 0.6) is 0 Å². The van der Waals surface area contributed by atoms with Crippen LogP contribution < -0.4 is 10.6 Å². The van der Waals surface area contributed by atoms with Gasteiger partial charge in [-0.25, -0.2) is 0 Å². The topological polar surface area (TPSA) is 98.7 Å². The Morgan fingerprint density at radius 2 is 1.29 bits per heavy atom. The third-order valence-corrected chi connectivity index (χ3v) is 2.13. The third kappa shape index (κ3) is 2.02. The van der Waals surface area contributed by atoms with Crippen molar-refractivity contribution in [1.29, 1.82) is 0 Å². The molecule has 0 aromatic heterocycles. The van der Waals surface area contributed by atoms with Crippen molar-refractivity contribution in [1.82, 2.24) is 10.6 Å². The fraction of sp³-hybridized carbons (Fsp3) is 0.750. The maximum Gasteiger partial charge on any atom is 0.245 e. The number of aliphatic hydroxyl groups is 2. The maximum absolute atomic E-state index is 11.3. The summed E-state index contributed by atoms with van der Waals surface area (Å²) in [5, 5.41) is 23.0. The fourth-order valence-electron chi connectivity index (χ4n) is 1.30. The minimum absolute atomic E-state index is 0.481. The molecule has 1 aliphatic heterocycles. The third-order valence-electron chi connectivity index (χ3n) is 2.13.